The molecule has 1 aromatic heterocycles. The van der Waals surface area contributed by atoms with Crippen LogP contribution in [0.2, 0.25) is 0 Å². The number of hydrogen-bond acceptors (Lipinski definition) is 10. The first-order chi connectivity index (χ1) is 22.4. The van der Waals surface area contributed by atoms with Gasteiger partial charge in [-0.2, -0.15) is 0 Å². The van der Waals surface area contributed by atoms with Crippen LogP contribution in [-0.4, -0.2) is 47.8 Å². The fraction of sp³-hybridized carbons (Fsp3) is 0.200. The zero-order valence-corrected chi connectivity index (χ0v) is 27.1. The van der Waals surface area contributed by atoms with Crippen LogP contribution in [0.3, 0.4) is 0 Å². The second kappa shape index (κ2) is 13.6. The minimum absolute atomic E-state index is 0.0698. The molecule has 1 saturated heterocycles. The minimum Gasteiger partial charge on any atom is -0.507 e. The first-order valence-electron chi connectivity index (χ1n) is 14.6. The Balaban J connectivity index is 1.37. The number of hydrogen-bond donors (Lipinski definition) is 1. The second-order valence-electron chi connectivity index (χ2n) is 10.4. The first-order valence-corrected chi connectivity index (χ1v) is 16.4. The molecule has 1 fully saturated rings. The van der Waals surface area contributed by atoms with E-state index in [1.54, 1.807) is 42.5 Å². The Bertz CT molecular complexity index is 1930. The number of benzene rings is 4. The largest absolute Gasteiger partial charge is 0.507 e. The highest BCUT2D eigenvalue weighted by atomic mass is 32.2. The summed E-state index contributed by atoms with van der Waals surface area (Å²) >= 11 is 2.73. The molecule has 46 heavy (non-hydrogen) atoms. The highest BCUT2D eigenvalue weighted by Gasteiger charge is 2.48. The van der Waals surface area contributed by atoms with Crippen LogP contribution < -0.4 is 19.1 Å². The number of nitrogens with zero attached hydrogens (tertiary/aromatic N) is 3. The third-order valence-corrected chi connectivity index (χ3v) is 9.71. The van der Waals surface area contributed by atoms with E-state index in [2.05, 4.69) is 34.5 Å². The molecule has 5 aromatic rings. The standard InChI is InChI=1S/C35H31N3O6S2/c1-4-18-44-25-15-12-22(13-16-25)30-29(31(39)23-14-17-27(42-2)28(19-23)43-3)32(40)33(41)38(30)34-36-37-35(46-34)45-20-24-10-7-9-21-8-5-6-11-26(21)24/h5-17,19,30,39H,4,18,20H2,1-3H3/t30-/m1/s1. The van der Waals surface area contributed by atoms with Gasteiger partial charge >= 0.3 is 5.91 Å². The number of carbonyl (C=O) groups excluding carboxylic acids is 2. The molecule has 0 unspecified atom stereocenters. The Morgan fingerprint density at radius 1 is 0.935 bits per heavy atom. The van der Waals surface area contributed by atoms with Crippen molar-refractivity contribution in [3.8, 4) is 17.2 Å². The lowest BCUT2D eigenvalue weighted by molar-refractivity contribution is -0.132. The number of ether oxygens (including phenoxy) is 3. The number of aliphatic hydroxyl groups is 1. The van der Waals surface area contributed by atoms with Crippen LogP contribution in [0.25, 0.3) is 16.5 Å². The average Bonchev–Trinajstić information content (AvgIpc) is 3.67. The molecule has 2 heterocycles. The monoisotopic (exact) mass is 653 g/mol. The van der Waals surface area contributed by atoms with E-state index in [1.807, 2.05) is 25.1 Å². The average molecular weight is 654 g/mol. The summed E-state index contributed by atoms with van der Waals surface area (Å²) in [4.78, 5) is 28.7. The lowest BCUT2D eigenvalue weighted by Gasteiger charge is -2.23. The zero-order valence-electron chi connectivity index (χ0n) is 25.4. The van der Waals surface area contributed by atoms with E-state index in [9.17, 15) is 14.7 Å². The Kier molecular flexibility index (Phi) is 9.23. The van der Waals surface area contributed by atoms with Crippen LogP contribution in [0.4, 0.5) is 5.13 Å². The van der Waals surface area contributed by atoms with E-state index in [0.29, 0.717) is 45.1 Å². The number of fused-ring (bicyclic) bond motifs is 1. The Hall–Kier alpha value is -4.87. The molecule has 4 aromatic carbocycles. The summed E-state index contributed by atoms with van der Waals surface area (Å²) < 4.78 is 17.1. The van der Waals surface area contributed by atoms with Gasteiger partial charge in [-0.3, -0.25) is 14.5 Å². The molecule has 6 rings (SSSR count). The molecule has 1 amide bonds. The summed E-state index contributed by atoms with van der Waals surface area (Å²) in [5.41, 5.74) is 1.98. The van der Waals surface area contributed by atoms with Gasteiger partial charge in [0.2, 0.25) is 5.13 Å². The number of Topliss-reactive ketones (excluding diaryl/α,β-unsaturated/α-hetero) is 1. The van der Waals surface area contributed by atoms with E-state index in [4.69, 9.17) is 14.2 Å². The number of ketones is 1. The topological polar surface area (TPSA) is 111 Å². The Morgan fingerprint density at radius 3 is 2.46 bits per heavy atom. The second-order valence-corrected chi connectivity index (χ2v) is 12.6. The molecule has 9 nitrogen and oxygen atoms in total. The van der Waals surface area contributed by atoms with Crippen molar-refractivity contribution in [2.45, 2.75) is 29.5 Å². The number of aromatic nitrogens is 2. The molecule has 0 saturated carbocycles. The van der Waals surface area contributed by atoms with Gasteiger partial charge in [-0.25, -0.2) is 0 Å². The van der Waals surface area contributed by atoms with Crippen molar-refractivity contribution >= 4 is 56.5 Å². The highest BCUT2D eigenvalue weighted by molar-refractivity contribution is 8.00. The Labute approximate surface area is 274 Å². The third-order valence-electron chi connectivity index (χ3n) is 7.60. The molecule has 0 radical (unpaired) electrons. The van der Waals surface area contributed by atoms with Gasteiger partial charge in [0.1, 0.15) is 11.5 Å². The molecule has 1 N–H and O–H groups in total. The smallest absolute Gasteiger partial charge is 0.301 e. The predicted octanol–water partition coefficient (Wildman–Crippen LogP) is 7.42. The normalized spacial score (nSPS) is 15.8. The van der Waals surface area contributed by atoms with Crippen LogP contribution in [-0.2, 0) is 15.3 Å². The van der Waals surface area contributed by atoms with E-state index < -0.39 is 17.7 Å². The van der Waals surface area contributed by atoms with Crippen molar-refractivity contribution in [3.63, 3.8) is 0 Å². The maximum atomic E-state index is 13.7. The molecule has 11 heteroatoms. The molecule has 0 spiro atoms. The maximum absolute atomic E-state index is 13.7. The Morgan fingerprint density at radius 2 is 1.70 bits per heavy atom. The lowest BCUT2D eigenvalue weighted by atomic mass is 9.95. The maximum Gasteiger partial charge on any atom is 0.301 e. The number of amides is 1. The van der Waals surface area contributed by atoms with Gasteiger partial charge in [0, 0.05) is 11.3 Å². The van der Waals surface area contributed by atoms with Crippen molar-refractivity contribution in [1.29, 1.82) is 0 Å². The van der Waals surface area contributed by atoms with Crippen LogP contribution in [0.5, 0.6) is 17.2 Å². The fourth-order valence-corrected chi connectivity index (χ4v) is 7.24. The van der Waals surface area contributed by atoms with Crippen LogP contribution in [0.1, 0.15) is 36.1 Å². The van der Waals surface area contributed by atoms with E-state index in [-0.39, 0.29) is 16.5 Å². The molecule has 234 valence electrons. The molecule has 0 aliphatic carbocycles. The van der Waals surface area contributed by atoms with Crippen LogP contribution in [0.15, 0.2) is 94.8 Å². The number of methoxy groups -OCH3 is 2. The van der Waals surface area contributed by atoms with E-state index in [0.717, 1.165) is 22.8 Å². The SMILES string of the molecule is CCCOc1ccc([C@@H]2C(=C(O)c3ccc(OC)c(OC)c3)C(=O)C(=O)N2c2nnc(SCc3cccc4ccccc34)s2)cc1. The minimum atomic E-state index is -0.961. The van der Waals surface area contributed by atoms with Crippen molar-refractivity contribution in [2.75, 3.05) is 25.7 Å². The molecular formula is C35H31N3O6S2. The summed E-state index contributed by atoms with van der Waals surface area (Å²) in [6, 6.07) is 25.4. The molecule has 0 bridgehead atoms. The van der Waals surface area contributed by atoms with Crippen LogP contribution in [0, 0.1) is 0 Å². The molecule has 1 atom stereocenters. The third kappa shape index (κ3) is 6.03. The van der Waals surface area contributed by atoms with E-state index in [1.165, 1.54) is 42.2 Å². The zero-order chi connectivity index (χ0) is 32.2. The number of anilines is 1. The van der Waals surface area contributed by atoms with Gasteiger partial charge in [0.15, 0.2) is 15.8 Å². The predicted molar refractivity (Wildman–Crippen MR) is 180 cm³/mol. The summed E-state index contributed by atoms with van der Waals surface area (Å²) in [5.74, 6) is 0.159. The number of aliphatic hydroxyl groups excluding tert-OH is 1. The van der Waals surface area contributed by atoms with Crippen molar-refractivity contribution in [1.82, 2.24) is 10.2 Å². The quantitative estimate of drug-likeness (QED) is 0.0512. The number of thioether (sulfide) groups is 1. The summed E-state index contributed by atoms with van der Waals surface area (Å²) in [5, 5.41) is 22.9. The fourth-order valence-electron chi connectivity index (χ4n) is 5.37. The molecule has 1 aliphatic rings. The van der Waals surface area contributed by atoms with Gasteiger partial charge < -0.3 is 19.3 Å². The number of rotatable bonds is 11. The first kappa shape index (κ1) is 31.1. The summed E-state index contributed by atoms with van der Waals surface area (Å²) in [7, 11) is 2.99. The van der Waals surface area contributed by atoms with Crippen molar-refractivity contribution in [3.05, 3.63) is 107 Å². The van der Waals surface area contributed by atoms with Crippen molar-refractivity contribution < 1.29 is 28.9 Å². The van der Waals surface area contributed by atoms with E-state index >= 15 is 0 Å². The lowest BCUT2D eigenvalue weighted by Crippen LogP contribution is -2.29. The van der Waals surface area contributed by atoms with Crippen molar-refractivity contribution in [2.24, 2.45) is 0 Å². The van der Waals surface area contributed by atoms with Gasteiger partial charge in [-0.1, -0.05) is 84.6 Å². The van der Waals surface area contributed by atoms with Gasteiger partial charge in [-0.05, 0) is 58.7 Å². The molecule has 1 aliphatic heterocycles. The van der Waals surface area contributed by atoms with Gasteiger partial charge in [0.05, 0.1) is 32.4 Å². The molecular weight excluding hydrogens is 623 g/mol. The summed E-state index contributed by atoms with van der Waals surface area (Å²) in [6.07, 6.45) is 0.852. The van der Waals surface area contributed by atoms with Gasteiger partial charge in [-0.15, -0.1) is 10.2 Å². The summed E-state index contributed by atoms with van der Waals surface area (Å²) in [6.45, 7) is 2.58. The van der Waals surface area contributed by atoms with Gasteiger partial charge in [0.25, 0.3) is 5.78 Å². The van der Waals surface area contributed by atoms with Crippen LogP contribution >= 0.6 is 23.1 Å². The highest BCUT2D eigenvalue weighted by Crippen LogP contribution is 2.45. The number of carbonyl (C=O) groups is 2.